The molecule has 0 amide bonds. The lowest BCUT2D eigenvalue weighted by Crippen LogP contribution is -2.45. The van der Waals surface area contributed by atoms with Gasteiger partial charge in [-0.1, -0.05) is 0 Å². The quantitative estimate of drug-likeness (QED) is 0.758. The Bertz CT molecular complexity index is 305. The van der Waals surface area contributed by atoms with Gasteiger partial charge in [0, 0.05) is 19.5 Å². The monoisotopic (exact) mass is 249 g/mol. The fourth-order valence-corrected chi connectivity index (χ4v) is 2.02. The first kappa shape index (κ1) is 14.3. The molecule has 1 aliphatic heterocycles. The standard InChI is InChI=1S/C12H18F3NO/c1-2-3-4-8-16-9-5-6-11(17,7-10-16)12(13,14)15/h17H,4-10H2,1H3. The van der Waals surface area contributed by atoms with Crippen molar-refractivity contribution in [2.75, 3.05) is 19.6 Å². The van der Waals surface area contributed by atoms with Crippen LogP contribution in [0.5, 0.6) is 0 Å². The van der Waals surface area contributed by atoms with Gasteiger partial charge in [-0.05, 0) is 32.7 Å². The Morgan fingerprint density at radius 2 is 2.00 bits per heavy atom. The summed E-state index contributed by atoms with van der Waals surface area (Å²) in [6.45, 7) is 3.30. The second-order valence-corrected chi connectivity index (χ2v) is 4.40. The van der Waals surface area contributed by atoms with Gasteiger partial charge in [-0.2, -0.15) is 13.2 Å². The minimum absolute atomic E-state index is 0.202. The summed E-state index contributed by atoms with van der Waals surface area (Å²) in [5.41, 5.74) is -2.50. The molecule has 0 aromatic rings. The van der Waals surface area contributed by atoms with Crippen molar-refractivity contribution in [2.24, 2.45) is 0 Å². The molecule has 0 aromatic heterocycles. The van der Waals surface area contributed by atoms with E-state index in [0.29, 0.717) is 25.9 Å². The Kier molecular flexibility index (Phi) is 4.84. The van der Waals surface area contributed by atoms with Crippen LogP contribution in [0.1, 0.15) is 32.6 Å². The van der Waals surface area contributed by atoms with E-state index in [-0.39, 0.29) is 19.4 Å². The Morgan fingerprint density at radius 1 is 1.29 bits per heavy atom. The van der Waals surface area contributed by atoms with Gasteiger partial charge in [0.1, 0.15) is 0 Å². The molecular formula is C12H18F3NO. The third-order valence-electron chi connectivity index (χ3n) is 3.16. The highest BCUT2D eigenvalue weighted by Gasteiger charge is 2.53. The van der Waals surface area contributed by atoms with E-state index in [2.05, 4.69) is 11.8 Å². The molecule has 1 aliphatic rings. The maximum Gasteiger partial charge on any atom is 0.417 e. The first-order valence-corrected chi connectivity index (χ1v) is 5.80. The van der Waals surface area contributed by atoms with Crippen LogP contribution in [0.2, 0.25) is 0 Å². The molecule has 0 aromatic carbocycles. The van der Waals surface area contributed by atoms with Gasteiger partial charge in [-0.3, -0.25) is 0 Å². The van der Waals surface area contributed by atoms with Crippen LogP contribution < -0.4 is 0 Å². The predicted octanol–water partition coefficient (Wildman–Crippen LogP) is 2.18. The van der Waals surface area contributed by atoms with Crippen LogP contribution in [0.4, 0.5) is 13.2 Å². The third kappa shape index (κ3) is 3.90. The molecular weight excluding hydrogens is 231 g/mol. The number of hydrogen-bond acceptors (Lipinski definition) is 2. The Balaban J connectivity index is 2.51. The normalized spacial score (nSPS) is 27.1. The molecule has 1 fully saturated rings. The first-order valence-electron chi connectivity index (χ1n) is 5.80. The largest absolute Gasteiger partial charge is 0.417 e. The average Bonchev–Trinajstić information content (AvgIpc) is 2.42. The zero-order valence-corrected chi connectivity index (χ0v) is 9.98. The molecule has 1 atom stereocenters. The molecule has 0 aliphatic carbocycles. The van der Waals surface area contributed by atoms with E-state index < -0.39 is 11.8 Å². The number of halogens is 3. The van der Waals surface area contributed by atoms with Gasteiger partial charge < -0.3 is 10.0 Å². The number of likely N-dealkylation sites (tertiary alicyclic amines) is 1. The van der Waals surface area contributed by atoms with Crippen molar-refractivity contribution in [1.29, 1.82) is 0 Å². The van der Waals surface area contributed by atoms with Crippen LogP contribution in [0.3, 0.4) is 0 Å². The van der Waals surface area contributed by atoms with E-state index in [1.165, 1.54) is 0 Å². The van der Waals surface area contributed by atoms with Crippen LogP contribution in [-0.4, -0.2) is 41.4 Å². The Hall–Kier alpha value is -0.730. The van der Waals surface area contributed by atoms with Gasteiger partial charge in [0.25, 0.3) is 0 Å². The van der Waals surface area contributed by atoms with Gasteiger partial charge in [0.2, 0.25) is 0 Å². The molecule has 0 bridgehead atoms. The molecule has 1 saturated heterocycles. The Morgan fingerprint density at radius 3 is 2.59 bits per heavy atom. The van der Waals surface area contributed by atoms with E-state index >= 15 is 0 Å². The van der Waals surface area contributed by atoms with Gasteiger partial charge in [-0.25, -0.2) is 0 Å². The highest BCUT2D eigenvalue weighted by molar-refractivity contribution is 4.96. The zero-order valence-electron chi connectivity index (χ0n) is 9.98. The van der Waals surface area contributed by atoms with Crippen LogP contribution in [-0.2, 0) is 0 Å². The van der Waals surface area contributed by atoms with E-state index in [1.807, 2.05) is 4.90 Å². The second kappa shape index (κ2) is 5.74. The third-order valence-corrected chi connectivity index (χ3v) is 3.16. The van der Waals surface area contributed by atoms with Crippen molar-refractivity contribution in [3.05, 3.63) is 0 Å². The van der Waals surface area contributed by atoms with E-state index in [1.54, 1.807) is 6.92 Å². The minimum atomic E-state index is -4.52. The van der Waals surface area contributed by atoms with Crippen molar-refractivity contribution in [1.82, 2.24) is 4.90 Å². The van der Waals surface area contributed by atoms with Gasteiger partial charge in [-0.15, -0.1) is 11.8 Å². The van der Waals surface area contributed by atoms with Crippen LogP contribution in [0, 0.1) is 11.8 Å². The lowest BCUT2D eigenvalue weighted by molar-refractivity contribution is -0.263. The summed E-state index contributed by atoms with van der Waals surface area (Å²) in [6.07, 6.45) is -3.93. The molecule has 98 valence electrons. The summed E-state index contributed by atoms with van der Waals surface area (Å²) >= 11 is 0. The van der Waals surface area contributed by atoms with Crippen molar-refractivity contribution < 1.29 is 18.3 Å². The molecule has 0 spiro atoms. The van der Waals surface area contributed by atoms with E-state index in [9.17, 15) is 18.3 Å². The van der Waals surface area contributed by atoms with E-state index in [4.69, 9.17) is 0 Å². The van der Waals surface area contributed by atoms with Crippen molar-refractivity contribution in [2.45, 2.75) is 44.4 Å². The summed E-state index contributed by atoms with van der Waals surface area (Å²) in [6, 6.07) is 0. The van der Waals surface area contributed by atoms with Gasteiger partial charge >= 0.3 is 6.18 Å². The lowest BCUT2D eigenvalue weighted by Gasteiger charge is -2.29. The second-order valence-electron chi connectivity index (χ2n) is 4.40. The average molecular weight is 249 g/mol. The SMILES string of the molecule is CC#CCCN1CCCC(O)(C(F)(F)F)CC1. The van der Waals surface area contributed by atoms with E-state index in [0.717, 1.165) is 0 Å². The van der Waals surface area contributed by atoms with Gasteiger partial charge in [0.15, 0.2) is 5.60 Å². The van der Waals surface area contributed by atoms with Crippen LogP contribution in [0.25, 0.3) is 0 Å². The number of rotatable bonds is 2. The molecule has 2 nitrogen and oxygen atoms in total. The molecule has 0 saturated carbocycles. The number of hydrogen-bond donors (Lipinski definition) is 1. The predicted molar refractivity (Wildman–Crippen MR) is 59.4 cm³/mol. The highest BCUT2D eigenvalue weighted by atomic mass is 19.4. The zero-order chi connectivity index (χ0) is 12.9. The molecule has 1 unspecified atom stereocenters. The fourth-order valence-electron chi connectivity index (χ4n) is 2.02. The van der Waals surface area contributed by atoms with Gasteiger partial charge in [0.05, 0.1) is 0 Å². The van der Waals surface area contributed by atoms with Crippen LogP contribution in [0.15, 0.2) is 0 Å². The Labute approximate surface area is 99.8 Å². The highest BCUT2D eigenvalue weighted by Crippen LogP contribution is 2.38. The number of nitrogens with zero attached hydrogens (tertiary/aromatic N) is 1. The molecule has 17 heavy (non-hydrogen) atoms. The van der Waals surface area contributed by atoms with Crippen LogP contribution >= 0.6 is 0 Å². The first-order chi connectivity index (χ1) is 7.89. The topological polar surface area (TPSA) is 23.5 Å². The smallest absolute Gasteiger partial charge is 0.380 e. The van der Waals surface area contributed by atoms with Crippen molar-refractivity contribution in [3.63, 3.8) is 0 Å². The maximum atomic E-state index is 12.6. The number of aliphatic hydroxyl groups is 1. The summed E-state index contributed by atoms with van der Waals surface area (Å²) in [5.74, 6) is 5.65. The summed E-state index contributed by atoms with van der Waals surface area (Å²) in [7, 11) is 0. The number of alkyl halides is 3. The molecule has 5 heteroatoms. The molecule has 1 rings (SSSR count). The maximum absolute atomic E-state index is 12.6. The molecule has 0 radical (unpaired) electrons. The molecule has 1 N–H and O–H groups in total. The summed E-state index contributed by atoms with van der Waals surface area (Å²) in [5, 5.41) is 9.60. The summed E-state index contributed by atoms with van der Waals surface area (Å²) in [4.78, 5) is 1.94. The minimum Gasteiger partial charge on any atom is -0.380 e. The summed E-state index contributed by atoms with van der Waals surface area (Å²) < 4.78 is 37.9. The van der Waals surface area contributed by atoms with Crippen molar-refractivity contribution >= 4 is 0 Å². The van der Waals surface area contributed by atoms with Crippen molar-refractivity contribution in [3.8, 4) is 11.8 Å². The fraction of sp³-hybridized carbons (Fsp3) is 0.833. The lowest BCUT2D eigenvalue weighted by atomic mass is 9.94. The molecule has 1 heterocycles.